The second-order valence-electron chi connectivity index (χ2n) is 5.14. The van der Waals surface area contributed by atoms with Crippen LogP contribution in [-0.2, 0) is 9.53 Å². The van der Waals surface area contributed by atoms with E-state index in [1.54, 1.807) is 0 Å². The van der Waals surface area contributed by atoms with Crippen molar-refractivity contribution >= 4 is 5.97 Å². The van der Waals surface area contributed by atoms with Crippen LogP contribution in [0.25, 0.3) is 0 Å². The van der Waals surface area contributed by atoms with E-state index in [0.29, 0.717) is 19.8 Å². The van der Waals surface area contributed by atoms with Gasteiger partial charge in [0.15, 0.2) is 0 Å². The van der Waals surface area contributed by atoms with Crippen molar-refractivity contribution in [2.45, 2.75) is 34.1 Å². The zero-order valence-corrected chi connectivity index (χ0v) is 13.6. The molecule has 0 unspecified atom stereocenters. The lowest BCUT2D eigenvalue weighted by atomic mass is 10.1. The summed E-state index contributed by atoms with van der Waals surface area (Å²) < 4.78 is 10.8. The topological polar surface area (TPSA) is 38.8 Å². The molecule has 0 fully saturated rings. The molecule has 0 N–H and O–H groups in total. The molecule has 1 rings (SSSR count). The maximum absolute atomic E-state index is 11.5. The summed E-state index contributed by atoms with van der Waals surface area (Å²) in [6.07, 6.45) is 0.890. The van der Waals surface area contributed by atoms with E-state index in [4.69, 9.17) is 9.47 Å². The van der Waals surface area contributed by atoms with Gasteiger partial charge in [0.25, 0.3) is 0 Å². The van der Waals surface area contributed by atoms with Gasteiger partial charge in [0.2, 0.25) is 0 Å². The van der Waals surface area contributed by atoms with Gasteiger partial charge in [-0.2, -0.15) is 0 Å². The fraction of sp³-hybridized carbons (Fsp3) is 0.588. The summed E-state index contributed by atoms with van der Waals surface area (Å²) in [4.78, 5) is 13.5. The SMILES string of the molecule is CCOC(=O)CN(CC)CCCOc1cc(C)ccc1C. The first kappa shape index (κ1) is 17.5. The van der Waals surface area contributed by atoms with Gasteiger partial charge in [-0.05, 0) is 50.9 Å². The molecule has 0 aliphatic carbocycles. The molecule has 0 aliphatic heterocycles. The monoisotopic (exact) mass is 293 g/mol. The Balaban J connectivity index is 2.31. The molecule has 0 amide bonds. The van der Waals surface area contributed by atoms with Crippen molar-refractivity contribution in [1.29, 1.82) is 0 Å². The summed E-state index contributed by atoms with van der Waals surface area (Å²) in [5.41, 5.74) is 2.35. The van der Waals surface area contributed by atoms with Crippen molar-refractivity contribution in [3.05, 3.63) is 29.3 Å². The second-order valence-corrected chi connectivity index (χ2v) is 5.14. The van der Waals surface area contributed by atoms with Crippen LogP contribution in [0.1, 0.15) is 31.4 Å². The minimum Gasteiger partial charge on any atom is -0.493 e. The quantitative estimate of drug-likeness (QED) is 0.518. The predicted molar refractivity (Wildman–Crippen MR) is 84.8 cm³/mol. The molecule has 0 saturated heterocycles. The highest BCUT2D eigenvalue weighted by Gasteiger charge is 2.09. The molecule has 118 valence electrons. The molecule has 0 atom stereocenters. The molecule has 0 saturated carbocycles. The van der Waals surface area contributed by atoms with Crippen LogP contribution in [0.5, 0.6) is 5.75 Å². The lowest BCUT2D eigenvalue weighted by Crippen LogP contribution is -2.32. The highest BCUT2D eigenvalue weighted by atomic mass is 16.5. The number of benzene rings is 1. The van der Waals surface area contributed by atoms with Crippen LogP contribution in [-0.4, -0.2) is 43.7 Å². The number of aryl methyl sites for hydroxylation is 2. The summed E-state index contributed by atoms with van der Waals surface area (Å²) in [5, 5.41) is 0. The largest absolute Gasteiger partial charge is 0.493 e. The number of likely N-dealkylation sites (N-methyl/N-ethyl adjacent to an activating group) is 1. The Morgan fingerprint density at radius 3 is 2.67 bits per heavy atom. The van der Waals surface area contributed by atoms with E-state index >= 15 is 0 Å². The Hall–Kier alpha value is -1.55. The third kappa shape index (κ3) is 6.63. The lowest BCUT2D eigenvalue weighted by molar-refractivity contribution is -0.144. The van der Waals surface area contributed by atoms with E-state index < -0.39 is 0 Å². The van der Waals surface area contributed by atoms with Crippen molar-refractivity contribution < 1.29 is 14.3 Å². The number of nitrogens with zero attached hydrogens (tertiary/aromatic N) is 1. The molecule has 4 heteroatoms. The first-order valence-electron chi connectivity index (χ1n) is 7.64. The smallest absolute Gasteiger partial charge is 0.320 e. The van der Waals surface area contributed by atoms with Gasteiger partial charge in [-0.25, -0.2) is 0 Å². The average molecular weight is 293 g/mol. The van der Waals surface area contributed by atoms with Gasteiger partial charge in [0, 0.05) is 6.54 Å². The standard InChI is InChI=1S/C17H27NO3/c1-5-18(13-17(19)20-6-2)10-7-11-21-16-12-14(3)8-9-15(16)4/h8-9,12H,5-7,10-11,13H2,1-4H3. The van der Waals surface area contributed by atoms with Gasteiger partial charge < -0.3 is 9.47 Å². The van der Waals surface area contributed by atoms with Crippen LogP contribution in [0.15, 0.2) is 18.2 Å². The minimum absolute atomic E-state index is 0.158. The van der Waals surface area contributed by atoms with Crippen LogP contribution < -0.4 is 4.74 Å². The van der Waals surface area contributed by atoms with Gasteiger partial charge in [-0.1, -0.05) is 19.1 Å². The van der Waals surface area contributed by atoms with E-state index in [2.05, 4.69) is 30.0 Å². The van der Waals surface area contributed by atoms with E-state index in [1.807, 2.05) is 20.8 Å². The van der Waals surface area contributed by atoms with E-state index in [0.717, 1.165) is 30.8 Å². The Morgan fingerprint density at radius 1 is 1.24 bits per heavy atom. The zero-order chi connectivity index (χ0) is 15.7. The molecular formula is C17H27NO3. The average Bonchev–Trinajstić information content (AvgIpc) is 2.46. The number of carbonyl (C=O) groups is 1. The Kier molecular flexibility index (Phi) is 7.83. The maximum Gasteiger partial charge on any atom is 0.320 e. The van der Waals surface area contributed by atoms with Gasteiger partial charge in [-0.15, -0.1) is 0 Å². The molecule has 0 bridgehead atoms. The third-order valence-electron chi connectivity index (χ3n) is 3.33. The number of ether oxygens (including phenoxy) is 2. The van der Waals surface area contributed by atoms with Gasteiger partial charge >= 0.3 is 5.97 Å². The molecule has 21 heavy (non-hydrogen) atoms. The summed E-state index contributed by atoms with van der Waals surface area (Å²) in [7, 11) is 0. The molecule has 4 nitrogen and oxygen atoms in total. The maximum atomic E-state index is 11.5. The molecular weight excluding hydrogens is 266 g/mol. The highest BCUT2D eigenvalue weighted by Crippen LogP contribution is 2.19. The minimum atomic E-state index is -0.158. The summed E-state index contributed by atoms with van der Waals surface area (Å²) in [5.74, 6) is 0.790. The Morgan fingerprint density at radius 2 is 2.00 bits per heavy atom. The zero-order valence-electron chi connectivity index (χ0n) is 13.6. The van der Waals surface area contributed by atoms with Crippen LogP contribution in [0.4, 0.5) is 0 Å². The normalized spacial score (nSPS) is 10.7. The van der Waals surface area contributed by atoms with Gasteiger partial charge in [0.05, 0.1) is 19.8 Å². The lowest BCUT2D eigenvalue weighted by Gasteiger charge is -2.19. The van der Waals surface area contributed by atoms with Crippen LogP contribution in [0, 0.1) is 13.8 Å². The highest BCUT2D eigenvalue weighted by molar-refractivity contribution is 5.71. The molecule has 0 aliphatic rings. The predicted octanol–water partition coefficient (Wildman–Crippen LogP) is 2.96. The van der Waals surface area contributed by atoms with Crippen molar-refractivity contribution in [1.82, 2.24) is 4.90 Å². The van der Waals surface area contributed by atoms with Crippen LogP contribution in [0.2, 0.25) is 0 Å². The van der Waals surface area contributed by atoms with Gasteiger partial charge in [-0.3, -0.25) is 9.69 Å². The number of esters is 1. The fourth-order valence-electron chi connectivity index (χ4n) is 2.07. The summed E-state index contributed by atoms with van der Waals surface area (Å²) in [6.45, 7) is 11.1. The Bertz CT molecular complexity index is 446. The summed E-state index contributed by atoms with van der Waals surface area (Å²) in [6, 6.07) is 6.22. The molecule has 0 heterocycles. The second kappa shape index (κ2) is 9.40. The van der Waals surface area contributed by atoms with E-state index in [1.165, 1.54) is 5.56 Å². The van der Waals surface area contributed by atoms with Crippen molar-refractivity contribution in [2.24, 2.45) is 0 Å². The first-order chi connectivity index (χ1) is 10.1. The molecule has 0 aromatic heterocycles. The van der Waals surface area contributed by atoms with Crippen molar-refractivity contribution in [3.8, 4) is 5.75 Å². The van der Waals surface area contributed by atoms with Crippen molar-refractivity contribution in [2.75, 3.05) is 32.8 Å². The van der Waals surface area contributed by atoms with Crippen LogP contribution >= 0.6 is 0 Å². The number of carbonyl (C=O) groups excluding carboxylic acids is 1. The Labute approximate surface area is 128 Å². The van der Waals surface area contributed by atoms with E-state index in [-0.39, 0.29) is 5.97 Å². The fourth-order valence-corrected chi connectivity index (χ4v) is 2.07. The first-order valence-corrected chi connectivity index (χ1v) is 7.64. The van der Waals surface area contributed by atoms with Crippen molar-refractivity contribution in [3.63, 3.8) is 0 Å². The number of rotatable bonds is 9. The third-order valence-corrected chi connectivity index (χ3v) is 3.33. The van der Waals surface area contributed by atoms with Gasteiger partial charge in [0.1, 0.15) is 5.75 Å². The molecule has 0 spiro atoms. The summed E-state index contributed by atoms with van der Waals surface area (Å²) >= 11 is 0. The molecule has 0 radical (unpaired) electrons. The van der Waals surface area contributed by atoms with Crippen LogP contribution in [0.3, 0.4) is 0 Å². The molecule has 1 aromatic rings. The molecule has 1 aromatic carbocycles. The number of hydrogen-bond acceptors (Lipinski definition) is 4. The number of hydrogen-bond donors (Lipinski definition) is 0. The van der Waals surface area contributed by atoms with E-state index in [9.17, 15) is 4.79 Å².